The second kappa shape index (κ2) is 7.07. The highest BCUT2D eigenvalue weighted by Crippen LogP contribution is 2.18. The Morgan fingerprint density at radius 2 is 2.00 bits per heavy atom. The van der Waals surface area contributed by atoms with Crippen LogP contribution in [0.5, 0.6) is 0 Å². The smallest absolute Gasteiger partial charge is 0.257 e. The van der Waals surface area contributed by atoms with E-state index in [1.165, 1.54) is 0 Å². The molecule has 0 saturated heterocycles. The first-order valence-corrected chi connectivity index (χ1v) is 6.45. The number of amides is 1. The summed E-state index contributed by atoms with van der Waals surface area (Å²) in [5, 5.41) is 2.51. The lowest BCUT2D eigenvalue weighted by molar-refractivity contribution is 0.0944. The van der Waals surface area contributed by atoms with Crippen LogP contribution < -0.4 is 11.1 Å². The van der Waals surface area contributed by atoms with Crippen molar-refractivity contribution in [2.45, 2.75) is 33.1 Å². The molecular formula is C14H20F2N2O. The van der Waals surface area contributed by atoms with E-state index < -0.39 is 23.1 Å². The highest BCUT2D eigenvalue weighted by atomic mass is 19.1. The topological polar surface area (TPSA) is 55.1 Å². The third-order valence-corrected chi connectivity index (χ3v) is 2.84. The molecule has 1 aromatic carbocycles. The first-order chi connectivity index (χ1) is 8.93. The lowest BCUT2D eigenvalue weighted by Crippen LogP contribution is -2.26. The Kier molecular flexibility index (Phi) is 5.73. The third-order valence-electron chi connectivity index (χ3n) is 2.84. The molecule has 0 aliphatic heterocycles. The van der Waals surface area contributed by atoms with Crippen molar-refractivity contribution >= 4 is 11.6 Å². The van der Waals surface area contributed by atoms with E-state index in [9.17, 15) is 13.6 Å². The highest BCUT2D eigenvalue weighted by molar-refractivity contribution is 5.95. The van der Waals surface area contributed by atoms with E-state index in [4.69, 9.17) is 5.73 Å². The molecular weight excluding hydrogens is 250 g/mol. The van der Waals surface area contributed by atoms with Crippen molar-refractivity contribution in [2.24, 2.45) is 5.92 Å². The number of halogens is 2. The fourth-order valence-corrected chi connectivity index (χ4v) is 1.74. The van der Waals surface area contributed by atoms with Crippen LogP contribution >= 0.6 is 0 Å². The van der Waals surface area contributed by atoms with Crippen molar-refractivity contribution in [1.82, 2.24) is 5.32 Å². The summed E-state index contributed by atoms with van der Waals surface area (Å²) in [7, 11) is 0. The zero-order chi connectivity index (χ0) is 14.4. The first-order valence-electron chi connectivity index (χ1n) is 6.45. The number of nitrogens with two attached hydrogens (primary N) is 1. The number of carbonyl (C=O) groups is 1. The van der Waals surface area contributed by atoms with Gasteiger partial charge in [-0.2, -0.15) is 0 Å². The van der Waals surface area contributed by atoms with Crippen LogP contribution in [0.25, 0.3) is 0 Å². The summed E-state index contributed by atoms with van der Waals surface area (Å²) in [4.78, 5) is 11.7. The molecule has 0 bridgehead atoms. The number of benzene rings is 1. The lowest BCUT2D eigenvalue weighted by Gasteiger charge is -2.09. The van der Waals surface area contributed by atoms with Gasteiger partial charge in [-0.25, -0.2) is 8.78 Å². The van der Waals surface area contributed by atoms with Crippen molar-refractivity contribution in [2.75, 3.05) is 12.3 Å². The van der Waals surface area contributed by atoms with Crippen molar-refractivity contribution in [1.29, 1.82) is 0 Å². The molecule has 1 aromatic rings. The van der Waals surface area contributed by atoms with E-state index in [1.807, 2.05) is 0 Å². The third kappa shape index (κ3) is 4.50. The minimum atomic E-state index is -1.00. The molecule has 0 fully saturated rings. The van der Waals surface area contributed by atoms with E-state index in [-0.39, 0.29) is 5.69 Å². The van der Waals surface area contributed by atoms with E-state index in [1.54, 1.807) is 0 Å². The summed E-state index contributed by atoms with van der Waals surface area (Å²) in [6, 6.07) is 2.09. The Hall–Kier alpha value is -1.65. The zero-order valence-electron chi connectivity index (χ0n) is 11.3. The Morgan fingerprint density at radius 3 is 2.63 bits per heavy atom. The summed E-state index contributed by atoms with van der Waals surface area (Å²) >= 11 is 0. The molecule has 0 heterocycles. The van der Waals surface area contributed by atoms with Gasteiger partial charge in [0.1, 0.15) is 11.4 Å². The maximum atomic E-state index is 13.6. The van der Waals surface area contributed by atoms with Crippen molar-refractivity contribution in [3.8, 4) is 0 Å². The van der Waals surface area contributed by atoms with Crippen LogP contribution in [-0.4, -0.2) is 12.5 Å². The average molecular weight is 270 g/mol. The normalized spacial score (nSPS) is 10.8. The Morgan fingerprint density at radius 1 is 1.32 bits per heavy atom. The number of hydrogen-bond donors (Lipinski definition) is 2. The summed E-state index contributed by atoms with van der Waals surface area (Å²) in [5.41, 5.74) is 4.48. The molecule has 0 aliphatic rings. The number of anilines is 1. The van der Waals surface area contributed by atoms with Crippen LogP contribution in [0.3, 0.4) is 0 Å². The molecule has 5 heteroatoms. The van der Waals surface area contributed by atoms with E-state index in [2.05, 4.69) is 19.2 Å². The van der Waals surface area contributed by atoms with E-state index in [0.717, 1.165) is 31.4 Å². The molecule has 0 aromatic heterocycles. The summed E-state index contributed by atoms with van der Waals surface area (Å²) in [5.74, 6) is -2.04. The largest absolute Gasteiger partial charge is 0.396 e. The van der Waals surface area contributed by atoms with Gasteiger partial charge in [-0.05, 0) is 24.5 Å². The van der Waals surface area contributed by atoms with Crippen LogP contribution in [0.1, 0.15) is 43.5 Å². The number of carbonyl (C=O) groups excluding carboxylic acids is 1. The summed E-state index contributed by atoms with van der Waals surface area (Å²) in [6.45, 7) is 4.64. The number of nitrogen functional groups attached to an aromatic ring is 1. The monoisotopic (exact) mass is 270 g/mol. The maximum Gasteiger partial charge on any atom is 0.257 e. The quantitative estimate of drug-likeness (QED) is 0.616. The number of rotatable bonds is 6. The second-order valence-corrected chi connectivity index (χ2v) is 4.97. The predicted octanol–water partition coefficient (Wildman–Crippen LogP) is 3.10. The van der Waals surface area contributed by atoms with Crippen molar-refractivity contribution in [3.05, 3.63) is 29.3 Å². The molecule has 3 N–H and O–H groups in total. The molecule has 0 unspecified atom stereocenters. The van der Waals surface area contributed by atoms with Crippen LogP contribution in [0.15, 0.2) is 12.1 Å². The second-order valence-electron chi connectivity index (χ2n) is 4.97. The van der Waals surface area contributed by atoms with E-state index >= 15 is 0 Å². The van der Waals surface area contributed by atoms with Gasteiger partial charge in [-0.3, -0.25) is 4.79 Å². The van der Waals surface area contributed by atoms with Gasteiger partial charge in [0.25, 0.3) is 5.91 Å². The van der Waals surface area contributed by atoms with Crippen LogP contribution in [-0.2, 0) is 0 Å². The number of nitrogens with one attached hydrogen (secondary N) is 1. The van der Waals surface area contributed by atoms with Crippen LogP contribution in [0, 0.1) is 17.6 Å². The fraction of sp³-hybridized carbons (Fsp3) is 0.500. The Labute approximate surface area is 112 Å². The SMILES string of the molecule is CC(C)CCCCNC(=O)c1c(F)ccc(N)c1F. The van der Waals surface area contributed by atoms with Crippen molar-refractivity contribution in [3.63, 3.8) is 0 Å². The molecule has 1 amide bonds. The molecule has 0 spiro atoms. The molecule has 0 atom stereocenters. The van der Waals surface area contributed by atoms with Gasteiger partial charge in [-0.15, -0.1) is 0 Å². The van der Waals surface area contributed by atoms with Crippen LogP contribution in [0.2, 0.25) is 0 Å². The summed E-state index contributed by atoms with van der Waals surface area (Å²) < 4.78 is 27.0. The first kappa shape index (κ1) is 15.4. The Bertz CT molecular complexity index is 447. The number of unbranched alkanes of at least 4 members (excludes halogenated alkanes) is 1. The van der Waals surface area contributed by atoms with Gasteiger partial charge < -0.3 is 11.1 Å². The zero-order valence-corrected chi connectivity index (χ0v) is 11.3. The molecule has 0 radical (unpaired) electrons. The average Bonchev–Trinajstić information content (AvgIpc) is 2.33. The predicted molar refractivity (Wildman–Crippen MR) is 71.8 cm³/mol. The molecule has 106 valence electrons. The molecule has 1 rings (SSSR count). The molecule has 19 heavy (non-hydrogen) atoms. The standard InChI is InChI=1S/C14H20F2N2O/c1-9(2)5-3-4-8-18-14(19)12-10(15)6-7-11(17)13(12)16/h6-7,9H,3-5,8,17H2,1-2H3,(H,18,19). The van der Waals surface area contributed by atoms with Gasteiger partial charge in [0.2, 0.25) is 0 Å². The van der Waals surface area contributed by atoms with Gasteiger partial charge in [0, 0.05) is 6.54 Å². The maximum absolute atomic E-state index is 13.6. The van der Waals surface area contributed by atoms with Crippen LogP contribution in [0.4, 0.5) is 14.5 Å². The Balaban J connectivity index is 2.53. The summed E-state index contributed by atoms with van der Waals surface area (Å²) in [6.07, 6.45) is 2.83. The molecule has 3 nitrogen and oxygen atoms in total. The minimum Gasteiger partial charge on any atom is -0.396 e. The van der Waals surface area contributed by atoms with Gasteiger partial charge in [0.05, 0.1) is 5.69 Å². The van der Waals surface area contributed by atoms with Gasteiger partial charge >= 0.3 is 0 Å². The lowest BCUT2D eigenvalue weighted by atomic mass is 10.1. The molecule has 0 aliphatic carbocycles. The van der Waals surface area contributed by atoms with Crippen molar-refractivity contribution < 1.29 is 13.6 Å². The molecule has 0 saturated carbocycles. The number of hydrogen-bond acceptors (Lipinski definition) is 2. The fourth-order valence-electron chi connectivity index (χ4n) is 1.74. The highest BCUT2D eigenvalue weighted by Gasteiger charge is 2.18. The van der Waals surface area contributed by atoms with Gasteiger partial charge in [0.15, 0.2) is 5.82 Å². The minimum absolute atomic E-state index is 0.230. The van der Waals surface area contributed by atoms with Gasteiger partial charge in [-0.1, -0.05) is 26.7 Å². The van der Waals surface area contributed by atoms with E-state index in [0.29, 0.717) is 12.5 Å².